The highest BCUT2D eigenvalue weighted by atomic mass is 31.1. The molecule has 64 valence electrons. The average Bonchev–Trinajstić information content (AvgIpc) is 1.88. The quantitative estimate of drug-likeness (QED) is 0.329. The molecule has 0 aliphatic rings. The molecule has 7 heteroatoms. The van der Waals surface area contributed by atoms with Gasteiger partial charge in [-0.3, -0.25) is 0 Å². The molecule has 0 radical (unpaired) electrons. The summed E-state index contributed by atoms with van der Waals surface area (Å²) >= 11 is 0. The third-order valence-electron chi connectivity index (χ3n) is 0.421. The van der Waals surface area contributed by atoms with Crippen molar-refractivity contribution in [3.8, 4) is 0 Å². The van der Waals surface area contributed by atoms with Gasteiger partial charge in [0, 0.05) is 0 Å². The Labute approximate surface area is 60.0 Å². The van der Waals surface area contributed by atoms with Gasteiger partial charge in [0.05, 0.1) is 13.2 Å². The van der Waals surface area contributed by atoms with Gasteiger partial charge in [-0.15, -0.1) is 0 Å². The number of hydrogen-bond donors (Lipinski definition) is 5. The van der Waals surface area contributed by atoms with E-state index in [1.54, 1.807) is 0 Å². The van der Waals surface area contributed by atoms with Crippen LogP contribution in [0.25, 0.3) is 0 Å². The van der Waals surface area contributed by atoms with Crippen molar-refractivity contribution in [3.05, 3.63) is 0 Å². The largest absolute Gasteiger partial charge is 0.394 e. The molecule has 0 aromatic heterocycles. The Morgan fingerprint density at radius 2 is 1.50 bits per heavy atom. The van der Waals surface area contributed by atoms with E-state index in [0.717, 1.165) is 0 Å². The van der Waals surface area contributed by atoms with Gasteiger partial charge in [-0.25, -0.2) is 4.57 Å². The van der Waals surface area contributed by atoms with Crippen LogP contribution in [0.1, 0.15) is 0 Å². The lowest BCUT2D eigenvalue weighted by molar-refractivity contribution is 0.0450. The van der Waals surface area contributed by atoms with E-state index < -0.39 is 14.8 Å². The summed E-state index contributed by atoms with van der Waals surface area (Å²) in [6.45, 7) is -0.729. The summed E-state index contributed by atoms with van der Waals surface area (Å²) in [6, 6.07) is 0. The molecule has 0 rings (SSSR count). The van der Waals surface area contributed by atoms with Gasteiger partial charge in [0.2, 0.25) is 0 Å². The Morgan fingerprint density at radius 3 is 1.50 bits per heavy atom. The lowest BCUT2D eigenvalue weighted by Gasteiger charge is -1.96. The van der Waals surface area contributed by atoms with Gasteiger partial charge >= 0.3 is 8.69 Å². The molecule has 0 amide bonds. The van der Waals surface area contributed by atoms with Gasteiger partial charge in [0.1, 0.15) is 6.10 Å². The first kappa shape index (κ1) is 16.5. The van der Waals surface area contributed by atoms with Crippen LogP contribution in [0.3, 0.4) is 0 Å². The predicted molar refractivity (Wildman–Crippen MR) is 35.0 cm³/mol. The number of hydrogen-bond acceptors (Lipinski definition) is 5. The molecule has 0 aliphatic carbocycles. The fourth-order valence-corrected chi connectivity index (χ4v) is 0.0577. The molecule has 0 spiro atoms. The Bertz CT molecular complexity index is 58.9. The fraction of sp³-hybridized carbons (Fsp3) is 1.00. The third kappa shape index (κ3) is 24.7. The van der Waals surface area contributed by atoms with Gasteiger partial charge in [-0.2, -0.15) is 0 Å². The second-order valence-corrected chi connectivity index (χ2v) is 1.26. The molecular weight excluding hydrogens is 161 g/mol. The summed E-state index contributed by atoms with van der Waals surface area (Å²) in [5, 5.41) is 24.0. The first-order valence-electron chi connectivity index (χ1n) is 2.09. The van der Waals surface area contributed by atoms with Crippen molar-refractivity contribution in [2.24, 2.45) is 0 Å². The molecule has 0 aromatic carbocycles. The first-order valence-corrected chi connectivity index (χ1v) is 2.85. The van der Waals surface area contributed by atoms with Gasteiger partial charge in [-0.1, -0.05) is 0 Å². The third-order valence-corrected chi connectivity index (χ3v) is 0.421. The van der Waals surface area contributed by atoms with Crippen LogP contribution in [0.2, 0.25) is 0 Å². The van der Waals surface area contributed by atoms with Crippen LogP contribution in [0.4, 0.5) is 0 Å². The molecule has 0 aliphatic heterocycles. The predicted octanol–water partition coefficient (Wildman–Crippen LogP) is -1.32. The van der Waals surface area contributed by atoms with E-state index in [1.807, 2.05) is 0 Å². The second kappa shape index (κ2) is 16.0. The number of aliphatic hydroxyl groups is 3. The van der Waals surface area contributed by atoms with Crippen LogP contribution in [0, 0.1) is 0 Å². The summed E-state index contributed by atoms with van der Waals surface area (Å²) in [5.74, 6) is 0. The van der Waals surface area contributed by atoms with E-state index in [1.165, 1.54) is 0 Å². The van der Waals surface area contributed by atoms with Gasteiger partial charge < -0.3 is 26.4 Å². The average molecular weight is 173 g/mol. The molecule has 0 atom stereocenters. The summed E-state index contributed by atoms with van der Waals surface area (Å²) in [7, 11) is -0.833. The van der Waals surface area contributed by atoms with Crippen molar-refractivity contribution in [3.63, 3.8) is 0 Å². The summed E-state index contributed by atoms with van der Waals surface area (Å²) in [5.41, 5.74) is 0. The second-order valence-electron chi connectivity index (χ2n) is 1.10. The van der Waals surface area contributed by atoms with Gasteiger partial charge in [-0.05, 0) is 0 Å². The topological polar surface area (TPSA) is 133 Å². The number of aliphatic hydroxyl groups excluding tert-OH is 3. The van der Waals surface area contributed by atoms with Crippen molar-refractivity contribution in [1.82, 2.24) is 6.15 Å². The highest BCUT2D eigenvalue weighted by Gasteiger charge is 1.93. The van der Waals surface area contributed by atoms with E-state index in [2.05, 4.69) is 0 Å². The van der Waals surface area contributed by atoms with Crippen LogP contribution < -0.4 is 6.15 Å². The normalized spacial score (nSPS) is 8.10. The maximum atomic E-state index is 8.46. The lowest BCUT2D eigenvalue weighted by Crippen LogP contribution is -2.15. The minimum Gasteiger partial charge on any atom is -0.394 e. The molecular formula is C3H12NO5P. The Morgan fingerprint density at radius 1 is 1.30 bits per heavy atom. The zero-order valence-electron chi connectivity index (χ0n) is 5.34. The van der Waals surface area contributed by atoms with Crippen LogP contribution >= 0.6 is 8.69 Å². The summed E-state index contributed by atoms with van der Waals surface area (Å²) in [6.07, 6.45) is -0.954. The molecule has 0 bridgehead atoms. The Kier molecular flexibility index (Phi) is 26.3. The van der Waals surface area contributed by atoms with E-state index in [0.29, 0.717) is 0 Å². The van der Waals surface area contributed by atoms with E-state index in [9.17, 15) is 0 Å². The van der Waals surface area contributed by atoms with Crippen LogP contribution in [-0.2, 0) is 4.57 Å². The standard InChI is InChI=1S/C3H8O3.H3N.HO2P/c4-1-3(6)2-5;;1-3-2/h3-6H,1-2H2;1H3;(H,1,2). The van der Waals surface area contributed by atoms with Crippen molar-refractivity contribution in [1.29, 1.82) is 0 Å². The highest BCUT2D eigenvalue weighted by molar-refractivity contribution is 7.16. The van der Waals surface area contributed by atoms with Crippen LogP contribution in [-0.4, -0.2) is 39.5 Å². The van der Waals surface area contributed by atoms with Crippen LogP contribution in [0.5, 0.6) is 0 Å². The minimum atomic E-state index is -0.954. The lowest BCUT2D eigenvalue weighted by atomic mass is 10.4. The molecule has 0 heterocycles. The highest BCUT2D eigenvalue weighted by Crippen LogP contribution is 1.71. The van der Waals surface area contributed by atoms with Crippen LogP contribution in [0.15, 0.2) is 0 Å². The molecule has 0 fully saturated rings. The molecule has 6 nitrogen and oxygen atoms in total. The maximum absolute atomic E-state index is 8.46. The van der Waals surface area contributed by atoms with E-state index in [-0.39, 0.29) is 19.4 Å². The van der Waals surface area contributed by atoms with Crippen molar-refractivity contribution in [2.75, 3.05) is 13.2 Å². The molecule has 0 saturated heterocycles. The fourth-order valence-electron chi connectivity index (χ4n) is 0.0577. The van der Waals surface area contributed by atoms with Crippen molar-refractivity contribution < 1.29 is 24.8 Å². The molecule has 10 heavy (non-hydrogen) atoms. The van der Waals surface area contributed by atoms with E-state index in [4.69, 9.17) is 24.8 Å². The van der Waals surface area contributed by atoms with E-state index >= 15 is 0 Å². The Balaban J connectivity index is -0.000000107. The monoisotopic (exact) mass is 173 g/mol. The number of rotatable bonds is 2. The summed E-state index contributed by atoms with van der Waals surface area (Å²) in [4.78, 5) is 6.99. The molecule has 0 aromatic rings. The zero-order chi connectivity index (χ0) is 7.70. The Hall–Kier alpha value is -0.100. The summed E-state index contributed by atoms with van der Waals surface area (Å²) < 4.78 is 8.46. The smallest absolute Gasteiger partial charge is 0.324 e. The molecule has 0 unspecified atom stereocenters. The van der Waals surface area contributed by atoms with Gasteiger partial charge in [0.15, 0.2) is 0 Å². The molecule has 7 N–H and O–H groups in total. The van der Waals surface area contributed by atoms with Gasteiger partial charge in [0.25, 0.3) is 0 Å². The molecule has 0 saturated carbocycles. The van der Waals surface area contributed by atoms with Crippen molar-refractivity contribution >= 4 is 8.69 Å². The maximum Gasteiger partial charge on any atom is 0.324 e. The SMILES string of the molecule is N.O=PO.OCC(O)CO. The first-order chi connectivity index (χ1) is 4.22. The zero-order valence-corrected chi connectivity index (χ0v) is 6.24. The van der Waals surface area contributed by atoms with Crippen molar-refractivity contribution in [2.45, 2.75) is 6.10 Å². The minimum absolute atomic E-state index is 0.